The molecule has 0 radical (unpaired) electrons. The Hall–Kier alpha value is -2.41. The molecular formula is C18H25N4O3+. The number of imide groups is 1. The predicted octanol–water partition coefficient (Wildman–Crippen LogP) is -0.200. The zero-order valence-electron chi connectivity index (χ0n) is 14.7. The summed E-state index contributed by atoms with van der Waals surface area (Å²) in [5.74, 6) is -0.196. The molecule has 0 spiro atoms. The lowest BCUT2D eigenvalue weighted by molar-refractivity contribution is -0.900. The summed E-state index contributed by atoms with van der Waals surface area (Å²) in [7, 11) is 0. The van der Waals surface area contributed by atoms with Gasteiger partial charge in [0.05, 0.1) is 13.1 Å². The molecule has 2 aliphatic rings. The van der Waals surface area contributed by atoms with Gasteiger partial charge in [-0.15, -0.1) is 0 Å². The molecule has 2 aliphatic heterocycles. The van der Waals surface area contributed by atoms with Gasteiger partial charge in [0, 0.05) is 5.92 Å². The number of rotatable bonds is 4. The summed E-state index contributed by atoms with van der Waals surface area (Å²) in [5, 5.41) is 3.49. The highest BCUT2D eigenvalue weighted by Gasteiger charge is 2.50. The second-order valence-electron chi connectivity index (χ2n) is 7.23. The van der Waals surface area contributed by atoms with Crippen molar-refractivity contribution in [1.82, 2.24) is 15.8 Å². The Balaban J connectivity index is 1.66. The van der Waals surface area contributed by atoms with Crippen molar-refractivity contribution in [2.45, 2.75) is 32.2 Å². The van der Waals surface area contributed by atoms with E-state index in [0.29, 0.717) is 11.5 Å². The van der Waals surface area contributed by atoms with E-state index in [0.717, 1.165) is 24.5 Å². The van der Waals surface area contributed by atoms with Crippen LogP contribution in [0.5, 0.6) is 0 Å². The van der Waals surface area contributed by atoms with Gasteiger partial charge in [-0.2, -0.15) is 5.01 Å². The molecule has 0 aromatic heterocycles. The van der Waals surface area contributed by atoms with Gasteiger partial charge in [-0.25, -0.2) is 4.79 Å². The molecule has 134 valence electrons. The number of hydrogen-bond acceptors (Lipinski definition) is 3. The quantitative estimate of drug-likeness (QED) is 0.661. The van der Waals surface area contributed by atoms with E-state index in [-0.39, 0.29) is 12.5 Å². The van der Waals surface area contributed by atoms with Gasteiger partial charge in [0.15, 0.2) is 6.54 Å². The molecule has 2 saturated heterocycles. The van der Waals surface area contributed by atoms with Gasteiger partial charge in [-0.3, -0.25) is 15.0 Å². The second-order valence-corrected chi connectivity index (χ2v) is 7.23. The first-order valence-electron chi connectivity index (χ1n) is 8.75. The number of quaternary nitrogens is 1. The van der Waals surface area contributed by atoms with Crippen molar-refractivity contribution in [3.8, 4) is 0 Å². The Morgan fingerprint density at radius 1 is 1.36 bits per heavy atom. The molecule has 0 aliphatic carbocycles. The maximum Gasteiger partial charge on any atom is 0.344 e. The molecule has 1 unspecified atom stereocenters. The number of carbonyl (C=O) groups is 3. The molecule has 3 rings (SSSR count). The monoisotopic (exact) mass is 345 g/mol. The highest BCUT2D eigenvalue weighted by atomic mass is 16.2. The van der Waals surface area contributed by atoms with E-state index in [1.807, 2.05) is 18.2 Å². The molecule has 1 aromatic carbocycles. The van der Waals surface area contributed by atoms with Crippen LogP contribution in [0.25, 0.3) is 0 Å². The summed E-state index contributed by atoms with van der Waals surface area (Å²) in [5.41, 5.74) is 1.99. The molecule has 7 heteroatoms. The Kier molecular flexibility index (Phi) is 4.76. The number of carbonyl (C=O) groups excluding carboxylic acids is 3. The average molecular weight is 345 g/mol. The van der Waals surface area contributed by atoms with Gasteiger partial charge in [0.2, 0.25) is 0 Å². The van der Waals surface area contributed by atoms with Crippen LogP contribution in [-0.4, -0.2) is 42.5 Å². The normalized spacial score (nSPS) is 29.4. The van der Waals surface area contributed by atoms with Gasteiger partial charge in [0.1, 0.15) is 5.54 Å². The molecule has 0 bridgehead atoms. The number of urea groups is 1. The Morgan fingerprint density at radius 3 is 2.76 bits per heavy atom. The van der Waals surface area contributed by atoms with E-state index in [1.165, 1.54) is 11.3 Å². The molecule has 2 fully saturated rings. The molecule has 0 saturated carbocycles. The van der Waals surface area contributed by atoms with Crippen molar-refractivity contribution >= 4 is 17.8 Å². The van der Waals surface area contributed by atoms with Crippen LogP contribution in [-0.2, 0) is 15.1 Å². The fraction of sp³-hybridized carbons (Fsp3) is 0.500. The molecule has 25 heavy (non-hydrogen) atoms. The highest BCUT2D eigenvalue weighted by molar-refractivity contribution is 6.08. The maximum absolute atomic E-state index is 12.7. The fourth-order valence-electron chi connectivity index (χ4n) is 3.66. The smallest absolute Gasteiger partial charge is 0.327 e. The van der Waals surface area contributed by atoms with E-state index >= 15 is 0 Å². The fourth-order valence-corrected chi connectivity index (χ4v) is 3.66. The zero-order valence-corrected chi connectivity index (χ0v) is 14.7. The van der Waals surface area contributed by atoms with Crippen LogP contribution in [0.15, 0.2) is 30.3 Å². The van der Waals surface area contributed by atoms with Crippen molar-refractivity contribution < 1.29 is 19.3 Å². The van der Waals surface area contributed by atoms with Crippen LogP contribution in [0.4, 0.5) is 4.79 Å². The van der Waals surface area contributed by atoms with Gasteiger partial charge in [-0.05, 0) is 25.3 Å². The van der Waals surface area contributed by atoms with E-state index in [1.54, 1.807) is 19.1 Å². The van der Waals surface area contributed by atoms with Crippen LogP contribution in [0.2, 0.25) is 0 Å². The average Bonchev–Trinajstić information content (AvgIpc) is 2.80. The SMILES string of the molecule is C[C@H]1CCC[NH+](CC(=O)NN2C(=O)N[C@](C)(c3ccccc3)C2=O)C1. The summed E-state index contributed by atoms with van der Waals surface area (Å²) >= 11 is 0. The van der Waals surface area contributed by atoms with Crippen LogP contribution in [0.1, 0.15) is 32.3 Å². The van der Waals surface area contributed by atoms with E-state index in [9.17, 15) is 14.4 Å². The number of nitrogens with zero attached hydrogens (tertiary/aromatic N) is 1. The first-order chi connectivity index (χ1) is 11.9. The predicted molar refractivity (Wildman–Crippen MR) is 91.3 cm³/mol. The first kappa shape index (κ1) is 17.4. The number of benzene rings is 1. The van der Waals surface area contributed by atoms with Crippen molar-refractivity contribution in [2.75, 3.05) is 19.6 Å². The van der Waals surface area contributed by atoms with Gasteiger partial charge in [0.25, 0.3) is 11.8 Å². The minimum absolute atomic E-state index is 0.267. The second kappa shape index (κ2) is 6.84. The topological polar surface area (TPSA) is 82.9 Å². The van der Waals surface area contributed by atoms with Crippen molar-refractivity contribution in [3.05, 3.63) is 35.9 Å². The maximum atomic E-state index is 12.7. The Morgan fingerprint density at radius 2 is 2.08 bits per heavy atom. The Bertz CT molecular complexity index is 678. The van der Waals surface area contributed by atoms with E-state index in [4.69, 9.17) is 0 Å². The number of amides is 4. The molecule has 3 atom stereocenters. The minimum atomic E-state index is -1.17. The zero-order chi connectivity index (χ0) is 18.0. The Labute approximate surface area is 147 Å². The van der Waals surface area contributed by atoms with Crippen molar-refractivity contribution in [1.29, 1.82) is 0 Å². The highest BCUT2D eigenvalue weighted by Crippen LogP contribution is 2.27. The third kappa shape index (κ3) is 3.51. The third-order valence-corrected chi connectivity index (χ3v) is 5.05. The molecule has 1 aromatic rings. The van der Waals surface area contributed by atoms with Gasteiger partial charge >= 0.3 is 6.03 Å². The largest absolute Gasteiger partial charge is 0.344 e. The van der Waals surface area contributed by atoms with Crippen LogP contribution in [0.3, 0.4) is 0 Å². The number of nitrogens with one attached hydrogen (secondary N) is 3. The first-order valence-corrected chi connectivity index (χ1v) is 8.75. The summed E-state index contributed by atoms with van der Waals surface area (Å²) in [4.78, 5) is 38.5. The lowest BCUT2D eigenvalue weighted by Gasteiger charge is -2.27. The lowest BCUT2D eigenvalue weighted by Crippen LogP contribution is -3.14. The number of likely N-dealkylation sites (tertiary alicyclic amines) is 1. The van der Waals surface area contributed by atoms with Crippen LogP contribution in [0, 0.1) is 5.92 Å². The molecule has 3 N–H and O–H groups in total. The van der Waals surface area contributed by atoms with Crippen LogP contribution >= 0.6 is 0 Å². The number of piperidine rings is 1. The van der Waals surface area contributed by atoms with Crippen molar-refractivity contribution in [3.63, 3.8) is 0 Å². The molecule has 7 nitrogen and oxygen atoms in total. The third-order valence-electron chi connectivity index (χ3n) is 5.05. The lowest BCUT2D eigenvalue weighted by atomic mass is 9.92. The van der Waals surface area contributed by atoms with Gasteiger partial charge < -0.3 is 10.2 Å². The van der Waals surface area contributed by atoms with Gasteiger partial charge in [-0.1, -0.05) is 37.3 Å². The number of hydrazine groups is 1. The molecule has 4 amide bonds. The summed E-state index contributed by atoms with van der Waals surface area (Å²) in [6, 6.07) is 8.41. The minimum Gasteiger partial charge on any atom is -0.327 e. The summed E-state index contributed by atoms with van der Waals surface area (Å²) in [6.45, 7) is 5.98. The van der Waals surface area contributed by atoms with Crippen molar-refractivity contribution in [2.24, 2.45) is 5.92 Å². The molecule has 2 heterocycles. The van der Waals surface area contributed by atoms with E-state index in [2.05, 4.69) is 17.7 Å². The molecular weight excluding hydrogens is 320 g/mol. The summed E-state index contributed by atoms with van der Waals surface area (Å²) < 4.78 is 0. The van der Waals surface area contributed by atoms with Crippen LogP contribution < -0.4 is 15.6 Å². The number of hydrogen-bond donors (Lipinski definition) is 3. The standard InChI is InChI=1S/C18H24N4O3/c1-13-7-6-10-21(11-13)12-15(23)20-22-16(24)18(2,19-17(22)25)14-8-4-3-5-9-14/h3-5,8-9,13H,6-7,10-12H2,1-2H3,(H,19,25)(H,20,23)/p+1/t13-,18+/m0/s1. The summed E-state index contributed by atoms with van der Waals surface area (Å²) in [6.07, 6.45) is 2.28. The van der Waals surface area contributed by atoms with E-state index < -0.39 is 17.5 Å².